The van der Waals surface area contributed by atoms with Crippen LogP contribution in [-0.4, -0.2) is 9.97 Å². The van der Waals surface area contributed by atoms with Gasteiger partial charge in [0.15, 0.2) is 0 Å². The van der Waals surface area contributed by atoms with Gasteiger partial charge in [-0.05, 0) is 28.1 Å². The summed E-state index contributed by atoms with van der Waals surface area (Å²) in [5.41, 5.74) is 0.681. The molecule has 16 heavy (non-hydrogen) atoms. The fourth-order valence-corrected chi connectivity index (χ4v) is 1.52. The summed E-state index contributed by atoms with van der Waals surface area (Å²) < 4.78 is 19.1. The van der Waals surface area contributed by atoms with Crippen LogP contribution in [0.4, 0.5) is 4.39 Å². The normalized spacial score (nSPS) is 10.1. The molecule has 0 aliphatic carbocycles. The van der Waals surface area contributed by atoms with Gasteiger partial charge in [0.2, 0.25) is 0 Å². The second kappa shape index (κ2) is 5.03. The van der Waals surface area contributed by atoms with E-state index >= 15 is 0 Å². The maximum absolute atomic E-state index is 12.8. The predicted octanol–water partition coefficient (Wildman–Crippen LogP) is 2.96. The van der Waals surface area contributed by atoms with Crippen molar-refractivity contribution in [2.45, 2.75) is 6.61 Å². The van der Waals surface area contributed by atoms with Crippen LogP contribution in [0.5, 0.6) is 5.75 Å². The average Bonchev–Trinajstić information content (AvgIpc) is 2.27. The fraction of sp³-hybridized carbons (Fsp3) is 0.0909. The highest BCUT2D eigenvalue weighted by Gasteiger charge is 1.99. The molecule has 2 aromatic rings. The van der Waals surface area contributed by atoms with Crippen molar-refractivity contribution in [3.63, 3.8) is 0 Å². The molecule has 0 atom stereocenters. The maximum Gasteiger partial charge on any atom is 0.141 e. The summed E-state index contributed by atoms with van der Waals surface area (Å²) in [5, 5.41) is 0. The zero-order chi connectivity index (χ0) is 11.4. The van der Waals surface area contributed by atoms with Crippen molar-refractivity contribution in [3.8, 4) is 5.75 Å². The second-order valence-corrected chi connectivity index (χ2v) is 4.05. The van der Waals surface area contributed by atoms with Crippen LogP contribution in [-0.2, 0) is 6.61 Å². The molecule has 0 saturated heterocycles. The van der Waals surface area contributed by atoms with Crippen molar-refractivity contribution in [2.75, 3.05) is 0 Å². The number of aromatic nitrogens is 2. The first kappa shape index (κ1) is 11.0. The predicted molar refractivity (Wildman–Crippen MR) is 60.5 cm³/mol. The number of halogens is 2. The minimum atomic E-state index is -0.367. The lowest BCUT2D eigenvalue weighted by Crippen LogP contribution is -1.97. The van der Waals surface area contributed by atoms with Gasteiger partial charge in [-0.15, -0.1) is 0 Å². The third kappa shape index (κ3) is 3.00. The minimum absolute atomic E-state index is 0.267. The van der Waals surface area contributed by atoms with E-state index in [1.54, 1.807) is 24.7 Å². The van der Waals surface area contributed by atoms with Gasteiger partial charge in [-0.3, -0.25) is 9.97 Å². The van der Waals surface area contributed by atoms with E-state index in [1.807, 2.05) is 0 Å². The first-order valence-electron chi connectivity index (χ1n) is 4.57. The Morgan fingerprint density at radius 3 is 2.69 bits per heavy atom. The van der Waals surface area contributed by atoms with E-state index in [-0.39, 0.29) is 12.4 Å². The van der Waals surface area contributed by atoms with Gasteiger partial charge in [-0.25, -0.2) is 4.39 Å². The SMILES string of the molecule is Fc1cncc(COc2cncc(Br)c2)c1. The summed E-state index contributed by atoms with van der Waals surface area (Å²) in [6.07, 6.45) is 5.98. The Morgan fingerprint density at radius 1 is 1.12 bits per heavy atom. The van der Waals surface area contributed by atoms with Gasteiger partial charge >= 0.3 is 0 Å². The van der Waals surface area contributed by atoms with Gasteiger partial charge in [0.05, 0.1) is 12.4 Å². The smallest absolute Gasteiger partial charge is 0.141 e. The standard InChI is InChI=1S/C11H8BrFN2O/c12-9-2-11(6-15-4-9)16-7-8-1-10(13)5-14-3-8/h1-6H,7H2. The Bertz CT molecular complexity index is 447. The molecule has 0 aliphatic heterocycles. The number of hydrogen-bond donors (Lipinski definition) is 0. The van der Waals surface area contributed by atoms with Gasteiger partial charge in [-0.1, -0.05) is 0 Å². The van der Waals surface area contributed by atoms with E-state index in [0.29, 0.717) is 11.3 Å². The van der Waals surface area contributed by atoms with Crippen LogP contribution in [0.15, 0.2) is 41.4 Å². The van der Waals surface area contributed by atoms with Gasteiger partial charge in [0.25, 0.3) is 0 Å². The van der Waals surface area contributed by atoms with Crippen molar-refractivity contribution in [3.05, 3.63) is 52.8 Å². The zero-order valence-corrected chi connectivity index (χ0v) is 9.82. The van der Waals surface area contributed by atoms with Crippen molar-refractivity contribution >= 4 is 15.9 Å². The minimum Gasteiger partial charge on any atom is -0.487 e. The summed E-state index contributed by atoms with van der Waals surface area (Å²) in [6.45, 7) is 0.267. The molecule has 0 N–H and O–H groups in total. The lowest BCUT2D eigenvalue weighted by molar-refractivity contribution is 0.303. The Kier molecular flexibility index (Phi) is 3.46. The molecule has 3 nitrogen and oxygen atoms in total. The summed E-state index contributed by atoms with van der Waals surface area (Å²) in [4.78, 5) is 7.69. The number of nitrogens with zero attached hydrogens (tertiary/aromatic N) is 2. The molecule has 0 aliphatic rings. The van der Waals surface area contributed by atoms with Crippen LogP contribution >= 0.6 is 15.9 Å². The van der Waals surface area contributed by atoms with E-state index in [0.717, 1.165) is 10.7 Å². The molecule has 0 aromatic carbocycles. The van der Waals surface area contributed by atoms with E-state index in [1.165, 1.54) is 6.07 Å². The molecule has 2 rings (SSSR count). The number of rotatable bonds is 3. The molecular formula is C11H8BrFN2O. The van der Waals surface area contributed by atoms with E-state index in [4.69, 9.17) is 4.74 Å². The summed E-state index contributed by atoms with van der Waals surface area (Å²) >= 11 is 3.29. The third-order valence-electron chi connectivity index (χ3n) is 1.85. The quantitative estimate of drug-likeness (QED) is 0.868. The molecule has 2 aromatic heterocycles. The second-order valence-electron chi connectivity index (χ2n) is 3.14. The van der Waals surface area contributed by atoms with Crippen LogP contribution in [0.3, 0.4) is 0 Å². The van der Waals surface area contributed by atoms with Crippen LogP contribution in [0, 0.1) is 5.82 Å². The van der Waals surface area contributed by atoms with Crippen LogP contribution in [0.25, 0.3) is 0 Å². The van der Waals surface area contributed by atoms with Crippen molar-refractivity contribution in [1.29, 1.82) is 0 Å². The maximum atomic E-state index is 12.8. The molecule has 2 heterocycles. The van der Waals surface area contributed by atoms with E-state index in [2.05, 4.69) is 25.9 Å². The molecular weight excluding hydrogens is 275 g/mol. The van der Waals surface area contributed by atoms with Gasteiger partial charge in [0.1, 0.15) is 18.2 Å². The van der Waals surface area contributed by atoms with Crippen LogP contribution < -0.4 is 4.74 Å². The zero-order valence-electron chi connectivity index (χ0n) is 8.23. The molecule has 0 amide bonds. The van der Waals surface area contributed by atoms with Gasteiger partial charge in [-0.2, -0.15) is 0 Å². The summed E-state index contributed by atoms with van der Waals surface area (Å²) in [7, 11) is 0. The highest BCUT2D eigenvalue weighted by atomic mass is 79.9. The lowest BCUT2D eigenvalue weighted by Gasteiger charge is -2.05. The largest absolute Gasteiger partial charge is 0.487 e. The van der Waals surface area contributed by atoms with Crippen molar-refractivity contribution < 1.29 is 9.13 Å². The van der Waals surface area contributed by atoms with Gasteiger partial charge < -0.3 is 4.74 Å². The molecule has 0 saturated carbocycles. The molecule has 0 radical (unpaired) electrons. The highest BCUT2D eigenvalue weighted by molar-refractivity contribution is 9.10. The Balaban J connectivity index is 2.02. The molecule has 5 heteroatoms. The molecule has 0 fully saturated rings. The fourth-order valence-electron chi connectivity index (χ4n) is 1.17. The number of ether oxygens (including phenoxy) is 1. The van der Waals surface area contributed by atoms with Crippen LogP contribution in [0.2, 0.25) is 0 Å². The van der Waals surface area contributed by atoms with Crippen molar-refractivity contribution in [2.24, 2.45) is 0 Å². The molecule has 0 spiro atoms. The van der Waals surface area contributed by atoms with Crippen LogP contribution in [0.1, 0.15) is 5.56 Å². The third-order valence-corrected chi connectivity index (χ3v) is 2.28. The summed E-state index contributed by atoms with van der Waals surface area (Å²) in [5.74, 6) is 0.257. The summed E-state index contributed by atoms with van der Waals surface area (Å²) in [6, 6.07) is 3.18. The van der Waals surface area contributed by atoms with E-state index in [9.17, 15) is 4.39 Å². The Hall–Kier alpha value is -1.49. The number of hydrogen-bond acceptors (Lipinski definition) is 3. The monoisotopic (exact) mass is 282 g/mol. The first-order chi connectivity index (χ1) is 7.74. The Morgan fingerprint density at radius 2 is 1.94 bits per heavy atom. The Labute approximate surface area is 100 Å². The highest BCUT2D eigenvalue weighted by Crippen LogP contribution is 2.17. The molecule has 82 valence electrons. The first-order valence-corrected chi connectivity index (χ1v) is 5.36. The van der Waals surface area contributed by atoms with Crippen molar-refractivity contribution in [1.82, 2.24) is 9.97 Å². The molecule has 0 unspecified atom stereocenters. The topological polar surface area (TPSA) is 35.0 Å². The number of pyridine rings is 2. The molecule has 0 bridgehead atoms. The van der Waals surface area contributed by atoms with E-state index < -0.39 is 0 Å². The van der Waals surface area contributed by atoms with Gasteiger partial charge in [0, 0.05) is 22.4 Å². The average molecular weight is 283 g/mol. The lowest BCUT2D eigenvalue weighted by atomic mass is 10.3.